The van der Waals surface area contributed by atoms with Crippen molar-refractivity contribution in [3.8, 4) is 0 Å². The molecule has 0 radical (unpaired) electrons. The Kier molecular flexibility index (Phi) is 5.20. The third-order valence-corrected chi connectivity index (χ3v) is 2.98. The molecule has 1 saturated heterocycles. The summed E-state index contributed by atoms with van der Waals surface area (Å²) in [6, 6.07) is 0.565. The maximum Gasteiger partial charge on any atom is 0.0527 e. The smallest absolute Gasteiger partial charge is 0.0527 e. The Morgan fingerprint density at radius 2 is 2.29 bits per heavy atom. The van der Waals surface area contributed by atoms with Crippen molar-refractivity contribution in [2.75, 3.05) is 13.1 Å². The zero-order valence-electron chi connectivity index (χ0n) is 9.28. The molecule has 0 aliphatic carbocycles. The van der Waals surface area contributed by atoms with Gasteiger partial charge in [-0.25, -0.2) is 0 Å². The van der Waals surface area contributed by atoms with Crippen LogP contribution in [0.25, 0.3) is 0 Å². The second-order valence-electron chi connectivity index (χ2n) is 4.37. The van der Waals surface area contributed by atoms with Crippen LogP contribution in [0, 0.1) is 0 Å². The van der Waals surface area contributed by atoms with Gasteiger partial charge in [-0.3, -0.25) is 4.90 Å². The predicted molar refractivity (Wildman–Crippen MR) is 60.3 cm³/mol. The Hall–Kier alpha value is -0.340. The molecule has 1 fully saturated rings. The lowest BCUT2D eigenvalue weighted by molar-refractivity contribution is 0.119. The molecular formula is C12H23NO. The Balaban J connectivity index is 2.49. The highest BCUT2D eigenvalue weighted by Gasteiger charge is 2.20. The zero-order valence-corrected chi connectivity index (χ0v) is 9.28. The van der Waals surface area contributed by atoms with Crippen molar-refractivity contribution in [3.05, 3.63) is 12.7 Å². The second kappa shape index (κ2) is 6.20. The van der Waals surface area contributed by atoms with E-state index in [1.54, 1.807) is 0 Å². The number of hydrogen-bond donors (Lipinski definition) is 1. The second-order valence-corrected chi connectivity index (χ2v) is 4.37. The summed E-state index contributed by atoms with van der Waals surface area (Å²) >= 11 is 0. The van der Waals surface area contributed by atoms with Crippen molar-refractivity contribution in [2.45, 2.75) is 51.2 Å². The van der Waals surface area contributed by atoms with Gasteiger partial charge in [-0.05, 0) is 32.7 Å². The van der Waals surface area contributed by atoms with E-state index in [4.69, 9.17) is 0 Å². The molecule has 0 bridgehead atoms. The van der Waals surface area contributed by atoms with E-state index in [1.165, 1.54) is 32.2 Å². The normalized spacial score (nSPS) is 26.9. The highest BCUT2D eigenvalue weighted by molar-refractivity contribution is 4.82. The van der Waals surface area contributed by atoms with Gasteiger partial charge >= 0.3 is 0 Å². The molecule has 0 aromatic rings. The monoisotopic (exact) mass is 197 g/mol. The summed E-state index contributed by atoms with van der Waals surface area (Å²) in [5, 5.41) is 9.43. The molecule has 0 aromatic heterocycles. The minimum absolute atomic E-state index is 0.176. The van der Waals surface area contributed by atoms with Gasteiger partial charge in [-0.1, -0.05) is 18.9 Å². The summed E-state index contributed by atoms with van der Waals surface area (Å²) < 4.78 is 0. The molecule has 1 N–H and O–H groups in total. The van der Waals surface area contributed by atoms with Crippen LogP contribution in [0.5, 0.6) is 0 Å². The SMILES string of the molecule is C=CCN1CCCCCC1CC(C)O. The van der Waals surface area contributed by atoms with E-state index in [0.717, 1.165) is 13.0 Å². The molecule has 1 heterocycles. The molecule has 0 amide bonds. The molecular weight excluding hydrogens is 174 g/mol. The average Bonchev–Trinajstić information content (AvgIpc) is 2.32. The number of aliphatic hydroxyl groups excluding tert-OH is 1. The third-order valence-electron chi connectivity index (χ3n) is 2.98. The number of likely N-dealkylation sites (tertiary alicyclic amines) is 1. The summed E-state index contributed by atoms with van der Waals surface area (Å²) in [6.07, 6.45) is 7.89. The van der Waals surface area contributed by atoms with Gasteiger partial charge in [0.05, 0.1) is 6.10 Å². The first kappa shape index (κ1) is 11.7. The molecule has 2 atom stereocenters. The largest absolute Gasteiger partial charge is 0.393 e. The fourth-order valence-corrected chi connectivity index (χ4v) is 2.30. The van der Waals surface area contributed by atoms with Crippen molar-refractivity contribution in [1.29, 1.82) is 0 Å². The van der Waals surface area contributed by atoms with Crippen molar-refractivity contribution >= 4 is 0 Å². The van der Waals surface area contributed by atoms with Crippen LogP contribution in [0.2, 0.25) is 0 Å². The lowest BCUT2D eigenvalue weighted by atomic mass is 10.0. The molecule has 14 heavy (non-hydrogen) atoms. The standard InChI is InChI=1S/C12H23NO/c1-3-8-13-9-6-4-5-7-12(13)10-11(2)14/h3,11-12,14H,1,4-10H2,2H3. The van der Waals surface area contributed by atoms with Crippen LogP contribution in [-0.2, 0) is 0 Å². The summed E-state index contributed by atoms with van der Waals surface area (Å²) in [6.45, 7) is 7.82. The maximum atomic E-state index is 9.43. The van der Waals surface area contributed by atoms with Crippen molar-refractivity contribution in [2.24, 2.45) is 0 Å². The van der Waals surface area contributed by atoms with Gasteiger partial charge in [0.1, 0.15) is 0 Å². The van der Waals surface area contributed by atoms with Gasteiger partial charge in [0.25, 0.3) is 0 Å². The third kappa shape index (κ3) is 3.81. The number of aliphatic hydroxyl groups is 1. The number of hydrogen-bond acceptors (Lipinski definition) is 2. The van der Waals surface area contributed by atoms with Crippen LogP contribution in [-0.4, -0.2) is 35.2 Å². The van der Waals surface area contributed by atoms with E-state index in [-0.39, 0.29) is 6.10 Å². The summed E-state index contributed by atoms with van der Waals surface area (Å²) in [4.78, 5) is 2.46. The first-order valence-corrected chi connectivity index (χ1v) is 5.77. The number of nitrogens with zero attached hydrogens (tertiary/aromatic N) is 1. The van der Waals surface area contributed by atoms with Gasteiger partial charge in [0.15, 0.2) is 0 Å². The van der Waals surface area contributed by atoms with E-state index in [0.29, 0.717) is 6.04 Å². The molecule has 0 saturated carbocycles. The first-order chi connectivity index (χ1) is 6.74. The fourth-order valence-electron chi connectivity index (χ4n) is 2.30. The van der Waals surface area contributed by atoms with Crippen molar-refractivity contribution in [1.82, 2.24) is 4.90 Å². The van der Waals surface area contributed by atoms with Crippen LogP contribution in [0.4, 0.5) is 0 Å². The molecule has 1 aliphatic heterocycles. The fraction of sp³-hybridized carbons (Fsp3) is 0.833. The minimum atomic E-state index is -0.176. The highest BCUT2D eigenvalue weighted by atomic mass is 16.3. The van der Waals surface area contributed by atoms with E-state index < -0.39 is 0 Å². The summed E-state index contributed by atoms with van der Waals surface area (Å²) in [5.74, 6) is 0. The highest BCUT2D eigenvalue weighted by Crippen LogP contribution is 2.20. The lowest BCUT2D eigenvalue weighted by Gasteiger charge is -2.29. The topological polar surface area (TPSA) is 23.5 Å². The first-order valence-electron chi connectivity index (χ1n) is 5.77. The van der Waals surface area contributed by atoms with Crippen LogP contribution in [0.3, 0.4) is 0 Å². The molecule has 1 rings (SSSR count). The van der Waals surface area contributed by atoms with Crippen LogP contribution >= 0.6 is 0 Å². The van der Waals surface area contributed by atoms with E-state index in [2.05, 4.69) is 11.5 Å². The summed E-state index contributed by atoms with van der Waals surface area (Å²) in [7, 11) is 0. The minimum Gasteiger partial charge on any atom is -0.393 e. The molecule has 2 unspecified atom stereocenters. The van der Waals surface area contributed by atoms with E-state index >= 15 is 0 Å². The number of rotatable bonds is 4. The maximum absolute atomic E-state index is 9.43. The van der Waals surface area contributed by atoms with Gasteiger partial charge in [0.2, 0.25) is 0 Å². The Bertz CT molecular complexity index is 168. The van der Waals surface area contributed by atoms with Crippen LogP contribution in [0.1, 0.15) is 39.0 Å². The molecule has 2 heteroatoms. The van der Waals surface area contributed by atoms with E-state index in [9.17, 15) is 5.11 Å². The van der Waals surface area contributed by atoms with Gasteiger partial charge in [0, 0.05) is 12.6 Å². The summed E-state index contributed by atoms with van der Waals surface area (Å²) in [5.41, 5.74) is 0. The van der Waals surface area contributed by atoms with Gasteiger partial charge in [-0.2, -0.15) is 0 Å². The molecule has 82 valence electrons. The molecule has 0 aromatic carbocycles. The van der Waals surface area contributed by atoms with E-state index in [1.807, 2.05) is 13.0 Å². The lowest BCUT2D eigenvalue weighted by Crippen LogP contribution is -2.36. The average molecular weight is 197 g/mol. The predicted octanol–water partition coefficient (Wildman–Crippen LogP) is 2.19. The Morgan fingerprint density at radius 3 is 2.93 bits per heavy atom. The molecule has 1 aliphatic rings. The van der Waals surface area contributed by atoms with Crippen molar-refractivity contribution < 1.29 is 5.11 Å². The Labute approximate surface area is 87.6 Å². The van der Waals surface area contributed by atoms with Gasteiger partial charge in [-0.15, -0.1) is 6.58 Å². The van der Waals surface area contributed by atoms with Gasteiger partial charge < -0.3 is 5.11 Å². The molecule has 2 nitrogen and oxygen atoms in total. The van der Waals surface area contributed by atoms with Crippen LogP contribution < -0.4 is 0 Å². The molecule has 0 spiro atoms. The Morgan fingerprint density at radius 1 is 1.50 bits per heavy atom. The van der Waals surface area contributed by atoms with Crippen LogP contribution in [0.15, 0.2) is 12.7 Å². The quantitative estimate of drug-likeness (QED) is 0.698. The van der Waals surface area contributed by atoms with Crippen molar-refractivity contribution in [3.63, 3.8) is 0 Å². The zero-order chi connectivity index (χ0) is 10.4.